The number of ether oxygens (including phenoxy) is 1. The summed E-state index contributed by atoms with van der Waals surface area (Å²) < 4.78 is 5.61. The van der Waals surface area contributed by atoms with E-state index in [1.54, 1.807) is 0 Å². The van der Waals surface area contributed by atoms with Crippen molar-refractivity contribution in [2.75, 3.05) is 0 Å². The van der Waals surface area contributed by atoms with Crippen molar-refractivity contribution in [1.82, 2.24) is 0 Å². The molecule has 1 unspecified atom stereocenters. The summed E-state index contributed by atoms with van der Waals surface area (Å²) in [5.41, 5.74) is 0.769. The number of fused-ring (bicyclic) bond motifs is 1. The molecule has 0 spiro atoms. The Kier molecular flexibility index (Phi) is 3.12. The van der Waals surface area contributed by atoms with E-state index in [1.807, 2.05) is 0 Å². The zero-order chi connectivity index (χ0) is 15.1. The van der Waals surface area contributed by atoms with Crippen LogP contribution < -0.4 is 4.74 Å². The molecule has 3 atom stereocenters. The highest BCUT2D eigenvalue weighted by molar-refractivity contribution is 5.46. The molecule has 3 rings (SSSR count). The molecule has 21 heavy (non-hydrogen) atoms. The largest absolute Gasteiger partial charge is 0.508 e. The highest BCUT2D eigenvalue weighted by Gasteiger charge is 2.37. The smallest absolute Gasteiger partial charge is 0.157 e. The van der Waals surface area contributed by atoms with Crippen molar-refractivity contribution in [1.29, 1.82) is 0 Å². The molecule has 0 amide bonds. The first-order chi connectivity index (χ1) is 9.97. The highest BCUT2D eigenvalue weighted by Crippen LogP contribution is 2.43. The molecular formula is C15H14O6. The average Bonchev–Trinajstić information content (AvgIpc) is 2.45. The lowest BCUT2D eigenvalue weighted by atomic mass is 9.92. The van der Waals surface area contributed by atoms with Crippen LogP contribution in [-0.4, -0.2) is 31.6 Å². The zero-order valence-electron chi connectivity index (χ0n) is 10.8. The normalized spacial score (nSPS) is 24.2. The minimum Gasteiger partial charge on any atom is -0.508 e. The van der Waals surface area contributed by atoms with Gasteiger partial charge in [0, 0.05) is 11.6 Å². The number of rotatable bonds is 1. The van der Waals surface area contributed by atoms with Gasteiger partial charge in [0.05, 0.1) is 0 Å². The van der Waals surface area contributed by atoms with Crippen molar-refractivity contribution in [2.45, 2.75) is 18.3 Å². The number of benzene rings is 2. The third kappa shape index (κ3) is 2.24. The Morgan fingerprint density at radius 1 is 0.857 bits per heavy atom. The molecule has 1 aliphatic heterocycles. The van der Waals surface area contributed by atoms with Gasteiger partial charge in [0.25, 0.3) is 0 Å². The maximum absolute atomic E-state index is 10.2. The molecule has 6 heteroatoms. The fraction of sp³-hybridized carbons (Fsp3) is 0.200. The van der Waals surface area contributed by atoms with Crippen molar-refractivity contribution in [3.05, 3.63) is 47.5 Å². The lowest BCUT2D eigenvalue weighted by Gasteiger charge is -2.34. The Morgan fingerprint density at radius 2 is 1.62 bits per heavy atom. The van der Waals surface area contributed by atoms with Crippen LogP contribution in [-0.2, 0) is 0 Å². The molecule has 0 fully saturated rings. The van der Waals surface area contributed by atoms with Crippen LogP contribution >= 0.6 is 0 Å². The number of phenols is 3. The summed E-state index contributed by atoms with van der Waals surface area (Å²) in [6.07, 6.45) is -3.36. The van der Waals surface area contributed by atoms with Crippen molar-refractivity contribution < 1.29 is 30.3 Å². The summed E-state index contributed by atoms with van der Waals surface area (Å²) in [7, 11) is 0. The highest BCUT2D eigenvalue weighted by atomic mass is 16.5. The molecule has 0 aliphatic carbocycles. The van der Waals surface area contributed by atoms with Crippen LogP contribution in [0.4, 0.5) is 0 Å². The van der Waals surface area contributed by atoms with Gasteiger partial charge in [-0.05, 0) is 29.8 Å². The minimum absolute atomic E-state index is 0.0235. The van der Waals surface area contributed by atoms with Gasteiger partial charge in [-0.1, -0.05) is 6.07 Å². The summed E-state index contributed by atoms with van der Waals surface area (Å²) in [6.45, 7) is 0. The van der Waals surface area contributed by atoms with Crippen LogP contribution in [0.1, 0.15) is 23.3 Å². The van der Waals surface area contributed by atoms with E-state index in [9.17, 15) is 25.5 Å². The lowest BCUT2D eigenvalue weighted by Crippen LogP contribution is -2.34. The number of aliphatic hydroxyl groups is 2. The fourth-order valence-corrected chi connectivity index (χ4v) is 2.41. The monoisotopic (exact) mass is 290 g/mol. The van der Waals surface area contributed by atoms with E-state index in [2.05, 4.69) is 0 Å². The molecular weight excluding hydrogens is 276 g/mol. The van der Waals surface area contributed by atoms with Crippen LogP contribution in [0.25, 0.3) is 0 Å². The molecule has 5 N–H and O–H groups in total. The molecule has 0 saturated heterocycles. The third-order valence-corrected chi connectivity index (χ3v) is 3.53. The summed E-state index contributed by atoms with van der Waals surface area (Å²) in [5, 5.41) is 48.7. The maximum atomic E-state index is 10.2. The van der Waals surface area contributed by atoms with E-state index in [0.29, 0.717) is 11.1 Å². The fourth-order valence-electron chi connectivity index (χ4n) is 2.41. The van der Waals surface area contributed by atoms with Gasteiger partial charge in [-0.25, -0.2) is 0 Å². The predicted molar refractivity (Wildman–Crippen MR) is 72.2 cm³/mol. The molecule has 0 radical (unpaired) electrons. The molecule has 6 nitrogen and oxygen atoms in total. The van der Waals surface area contributed by atoms with Crippen LogP contribution in [0.3, 0.4) is 0 Å². The van der Waals surface area contributed by atoms with Crippen LogP contribution in [0, 0.1) is 0 Å². The number of hydrogen-bond acceptors (Lipinski definition) is 6. The lowest BCUT2D eigenvalue weighted by molar-refractivity contribution is -0.0701. The second-order valence-corrected chi connectivity index (χ2v) is 4.94. The molecule has 1 heterocycles. The second-order valence-electron chi connectivity index (χ2n) is 4.94. The van der Waals surface area contributed by atoms with Crippen molar-refractivity contribution in [3.8, 4) is 23.0 Å². The van der Waals surface area contributed by atoms with Crippen molar-refractivity contribution in [2.24, 2.45) is 0 Å². The quantitative estimate of drug-likeness (QED) is 0.507. The van der Waals surface area contributed by atoms with Gasteiger partial charge in [0.15, 0.2) is 17.6 Å². The standard InChI is InChI=1S/C15H14O6/c16-8-2-3-9-12(6-8)21-15(14(20)13(9)19)7-1-4-10(17)11(18)5-7/h1-6,13-20H/t13?,14-,15+/m0/s1. The molecule has 2 aromatic carbocycles. The Hall–Kier alpha value is -2.44. The van der Waals surface area contributed by atoms with E-state index in [4.69, 9.17) is 4.74 Å². The number of aromatic hydroxyl groups is 3. The topological polar surface area (TPSA) is 110 Å². The van der Waals surface area contributed by atoms with Crippen LogP contribution in [0.5, 0.6) is 23.0 Å². The van der Waals surface area contributed by atoms with Crippen LogP contribution in [0.2, 0.25) is 0 Å². The molecule has 2 aromatic rings. The molecule has 0 saturated carbocycles. The summed E-state index contributed by atoms with van der Waals surface area (Å²) >= 11 is 0. The maximum Gasteiger partial charge on any atom is 0.157 e. The molecule has 1 aliphatic rings. The SMILES string of the molecule is Oc1ccc2c(c1)O[C@H](c1ccc(O)c(O)c1)[C@@H](O)C2O. The predicted octanol–water partition coefficient (Wildman–Crippen LogP) is 1.33. The van der Waals surface area contributed by atoms with Gasteiger partial charge < -0.3 is 30.3 Å². The molecule has 110 valence electrons. The Morgan fingerprint density at radius 3 is 2.33 bits per heavy atom. The van der Waals surface area contributed by atoms with Gasteiger partial charge in [-0.15, -0.1) is 0 Å². The van der Waals surface area contributed by atoms with Crippen molar-refractivity contribution in [3.63, 3.8) is 0 Å². The van der Waals surface area contributed by atoms with Crippen LogP contribution in [0.15, 0.2) is 36.4 Å². The van der Waals surface area contributed by atoms with Gasteiger partial charge in [0.1, 0.15) is 23.7 Å². The number of phenolic OH excluding ortho intramolecular Hbond substituents is 3. The summed E-state index contributed by atoms with van der Waals surface area (Å²) in [6, 6.07) is 8.21. The minimum atomic E-state index is -1.24. The van der Waals surface area contributed by atoms with Gasteiger partial charge in [0.2, 0.25) is 0 Å². The number of hydrogen-bond donors (Lipinski definition) is 5. The Labute approximate surface area is 120 Å². The van der Waals surface area contributed by atoms with Gasteiger partial charge >= 0.3 is 0 Å². The summed E-state index contributed by atoms with van der Waals surface area (Å²) in [5.74, 6) is -0.405. The average molecular weight is 290 g/mol. The Bertz CT molecular complexity index is 684. The van der Waals surface area contributed by atoms with E-state index in [1.165, 1.54) is 36.4 Å². The van der Waals surface area contributed by atoms with E-state index in [0.717, 1.165) is 0 Å². The first-order valence-electron chi connectivity index (χ1n) is 6.35. The van der Waals surface area contributed by atoms with E-state index < -0.39 is 18.3 Å². The molecule has 0 aromatic heterocycles. The third-order valence-electron chi connectivity index (χ3n) is 3.53. The zero-order valence-corrected chi connectivity index (χ0v) is 10.8. The van der Waals surface area contributed by atoms with Crippen molar-refractivity contribution >= 4 is 0 Å². The van der Waals surface area contributed by atoms with E-state index in [-0.39, 0.29) is 23.0 Å². The van der Waals surface area contributed by atoms with Gasteiger partial charge in [-0.2, -0.15) is 0 Å². The van der Waals surface area contributed by atoms with E-state index >= 15 is 0 Å². The van der Waals surface area contributed by atoms with Gasteiger partial charge in [-0.3, -0.25) is 0 Å². The second kappa shape index (κ2) is 4.83. The first kappa shape index (κ1) is 13.5. The summed E-state index contributed by atoms with van der Waals surface area (Å²) in [4.78, 5) is 0. The molecule has 0 bridgehead atoms. The first-order valence-corrected chi connectivity index (χ1v) is 6.35. The Balaban J connectivity index is 2.02. The number of aliphatic hydroxyl groups excluding tert-OH is 2.